The van der Waals surface area contributed by atoms with E-state index in [1.54, 1.807) is 16.2 Å². The number of hydrogen-bond donors (Lipinski definition) is 1. The number of rotatable bonds is 6. The van der Waals surface area contributed by atoms with E-state index in [2.05, 4.69) is 19.9 Å². The van der Waals surface area contributed by atoms with Crippen LogP contribution in [0.15, 0.2) is 11.4 Å². The number of amides is 2. The molecule has 0 bridgehead atoms. The summed E-state index contributed by atoms with van der Waals surface area (Å²) in [5.41, 5.74) is 5.70. The number of primary amides is 1. The molecule has 0 unspecified atom stereocenters. The fourth-order valence-electron chi connectivity index (χ4n) is 2.39. The fraction of sp³-hybridized carbons (Fsp3) is 0.600. The Morgan fingerprint density at radius 3 is 2.50 bits per heavy atom. The van der Waals surface area contributed by atoms with Gasteiger partial charge in [0.25, 0.3) is 0 Å². The van der Waals surface area contributed by atoms with Crippen molar-refractivity contribution in [1.29, 1.82) is 0 Å². The van der Waals surface area contributed by atoms with Crippen LogP contribution in [0, 0.1) is 18.3 Å². The molecule has 1 aromatic heterocycles. The standard InChI is InChI=1S/C15H22N2O2S/c1-10(2)8-17(9-12-11(3)4-7-20-12)14(19)15(5-6-15)13(16)18/h4,7,10H,5-6,8-9H2,1-3H3,(H2,16,18). The SMILES string of the molecule is Cc1ccsc1CN(CC(C)C)C(=O)C1(C(N)=O)CC1. The van der Waals surface area contributed by atoms with E-state index in [-0.39, 0.29) is 5.91 Å². The average molecular weight is 294 g/mol. The quantitative estimate of drug-likeness (QED) is 0.818. The first-order chi connectivity index (χ1) is 9.36. The van der Waals surface area contributed by atoms with Crippen LogP contribution in [-0.4, -0.2) is 23.3 Å². The molecular formula is C15H22N2O2S. The predicted molar refractivity (Wildman–Crippen MR) is 80.2 cm³/mol. The Hall–Kier alpha value is -1.36. The number of nitrogens with zero attached hydrogens (tertiary/aromatic N) is 1. The van der Waals surface area contributed by atoms with E-state index >= 15 is 0 Å². The maximum Gasteiger partial charge on any atom is 0.238 e. The van der Waals surface area contributed by atoms with Gasteiger partial charge in [0.05, 0.1) is 6.54 Å². The third-order valence-corrected chi connectivity index (χ3v) is 4.81. The van der Waals surface area contributed by atoms with Crippen LogP contribution in [0.5, 0.6) is 0 Å². The Morgan fingerprint density at radius 1 is 1.45 bits per heavy atom. The van der Waals surface area contributed by atoms with Gasteiger partial charge in [0.2, 0.25) is 11.8 Å². The number of hydrogen-bond acceptors (Lipinski definition) is 3. The van der Waals surface area contributed by atoms with Crippen molar-refractivity contribution in [2.75, 3.05) is 6.54 Å². The van der Waals surface area contributed by atoms with Crippen molar-refractivity contribution in [2.45, 2.75) is 40.2 Å². The van der Waals surface area contributed by atoms with Gasteiger partial charge in [0.1, 0.15) is 5.41 Å². The van der Waals surface area contributed by atoms with E-state index in [1.807, 2.05) is 12.3 Å². The Kier molecular flexibility index (Phi) is 4.18. The maximum absolute atomic E-state index is 12.7. The largest absolute Gasteiger partial charge is 0.369 e. The van der Waals surface area contributed by atoms with E-state index in [1.165, 1.54) is 10.4 Å². The summed E-state index contributed by atoms with van der Waals surface area (Å²) in [5.74, 6) is -0.200. The first kappa shape index (κ1) is 15.0. The molecule has 2 rings (SSSR count). The molecule has 1 saturated carbocycles. The molecule has 0 aliphatic heterocycles. The smallest absolute Gasteiger partial charge is 0.238 e. The van der Waals surface area contributed by atoms with Crippen LogP contribution in [0.4, 0.5) is 0 Å². The van der Waals surface area contributed by atoms with Crippen LogP contribution < -0.4 is 5.73 Å². The van der Waals surface area contributed by atoms with E-state index in [0.29, 0.717) is 31.8 Å². The van der Waals surface area contributed by atoms with Crippen molar-refractivity contribution in [3.63, 3.8) is 0 Å². The lowest BCUT2D eigenvalue weighted by Crippen LogP contribution is -2.44. The van der Waals surface area contributed by atoms with Crippen LogP contribution in [0.2, 0.25) is 0 Å². The van der Waals surface area contributed by atoms with Gasteiger partial charge in [-0.3, -0.25) is 9.59 Å². The van der Waals surface area contributed by atoms with Gasteiger partial charge in [0, 0.05) is 11.4 Å². The maximum atomic E-state index is 12.7. The molecule has 1 fully saturated rings. The normalized spacial score (nSPS) is 16.2. The van der Waals surface area contributed by atoms with Crippen molar-refractivity contribution in [3.05, 3.63) is 21.9 Å². The Balaban J connectivity index is 2.18. The number of aryl methyl sites for hydroxylation is 1. The molecule has 0 atom stereocenters. The summed E-state index contributed by atoms with van der Waals surface area (Å²) >= 11 is 1.65. The number of thiophene rings is 1. The Labute approximate surface area is 124 Å². The average Bonchev–Trinajstić information content (AvgIpc) is 3.08. The zero-order valence-electron chi connectivity index (χ0n) is 12.3. The summed E-state index contributed by atoms with van der Waals surface area (Å²) in [7, 11) is 0. The molecule has 110 valence electrons. The first-order valence-corrected chi connectivity index (χ1v) is 7.87. The molecule has 0 aromatic carbocycles. The molecule has 0 saturated heterocycles. The molecule has 1 aliphatic rings. The number of carbonyl (C=O) groups is 2. The van der Waals surface area contributed by atoms with E-state index in [4.69, 9.17) is 5.73 Å². The lowest BCUT2D eigenvalue weighted by Gasteiger charge is -2.27. The molecule has 1 heterocycles. The van der Waals surface area contributed by atoms with Crippen molar-refractivity contribution in [2.24, 2.45) is 17.1 Å². The number of carbonyl (C=O) groups excluding carboxylic acids is 2. The summed E-state index contributed by atoms with van der Waals surface area (Å²) in [5, 5.41) is 2.03. The lowest BCUT2D eigenvalue weighted by atomic mass is 10.0. The highest BCUT2D eigenvalue weighted by Crippen LogP contribution is 2.47. The molecule has 1 aromatic rings. The minimum Gasteiger partial charge on any atom is -0.369 e. The second-order valence-electron chi connectivity index (χ2n) is 6.05. The summed E-state index contributed by atoms with van der Waals surface area (Å²) in [6.07, 6.45) is 1.19. The molecule has 2 amide bonds. The molecule has 2 N–H and O–H groups in total. The van der Waals surface area contributed by atoms with Crippen LogP contribution in [0.25, 0.3) is 0 Å². The zero-order valence-corrected chi connectivity index (χ0v) is 13.1. The van der Waals surface area contributed by atoms with Gasteiger partial charge in [-0.2, -0.15) is 0 Å². The van der Waals surface area contributed by atoms with Gasteiger partial charge < -0.3 is 10.6 Å². The van der Waals surface area contributed by atoms with Gasteiger partial charge in [-0.15, -0.1) is 11.3 Å². The zero-order chi connectivity index (χ0) is 14.9. The topological polar surface area (TPSA) is 63.4 Å². The Morgan fingerprint density at radius 2 is 2.10 bits per heavy atom. The van der Waals surface area contributed by atoms with Gasteiger partial charge in [-0.1, -0.05) is 13.8 Å². The molecule has 1 aliphatic carbocycles. The summed E-state index contributed by atoms with van der Waals surface area (Å²) < 4.78 is 0. The second-order valence-corrected chi connectivity index (χ2v) is 7.05. The van der Waals surface area contributed by atoms with Crippen LogP contribution in [0.3, 0.4) is 0 Å². The van der Waals surface area contributed by atoms with Gasteiger partial charge in [-0.25, -0.2) is 0 Å². The minimum atomic E-state index is -0.917. The molecule has 5 heteroatoms. The van der Waals surface area contributed by atoms with E-state index in [9.17, 15) is 9.59 Å². The first-order valence-electron chi connectivity index (χ1n) is 6.99. The highest BCUT2D eigenvalue weighted by atomic mass is 32.1. The summed E-state index contributed by atoms with van der Waals surface area (Å²) in [6.45, 7) is 7.43. The van der Waals surface area contributed by atoms with Crippen molar-refractivity contribution in [1.82, 2.24) is 4.90 Å². The highest BCUT2D eigenvalue weighted by molar-refractivity contribution is 7.10. The lowest BCUT2D eigenvalue weighted by molar-refractivity contribution is -0.143. The van der Waals surface area contributed by atoms with E-state index < -0.39 is 11.3 Å². The summed E-state index contributed by atoms with van der Waals surface area (Å²) in [6, 6.07) is 2.05. The summed E-state index contributed by atoms with van der Waals surface area (Å²) in [4.78, 5) is 27.2. The Bertz CT molecular complexity index is 518. The van der Waals surface area contributed by atoms with Crippen LogP contribution in [-0.2, 0) is 16.1 Å². The highest BCUT2D eigenvalue weighted by Gasteiger charge is 2.56. The fourth-order valence-corrected chi connectivity index (χ4v) is 3.31. The monoisotopic (exact) mass is 294 g/mol. The van der Waals surface area contributed by atoms with Crippen molar-refractivity contribution < 1.29 is 9.59 Å². The van der Waals surface area contributed by atoms with Crippen LogP contribution in [0.1, 0.15) is 37.1 Å². The van der Waals surface area contributed by atoms with E-state index in [0.717, 1.165) is 0 Å². The third-order valence-electron chi connectivity index (χ3n) is 3.81. The van der Waals surface area contributed by atoms with Crippen molar-refractivity contribution >= 4 is 23.2 Å². The predicted octanol–water partition coefficient (Wildman–Crippen LogP) is 2.31. The van der Waals surface area contributed by atoms with Gasteiger partial charge in [-0.05, 0) is 42.7 Å². The van der Waals surface area contributed by atoms with Crippen LogP contribution >= 0.6 is 11.3 Å². The van der Waals surface area contributed by atoms with Gasteiger partial charge in [0.15, 0.2) is 0 Å². The molecular weight excluding hydrogens is 272 g/mol. The third kappa shape index (κ3) is 2.87. The molecule has 4 nitrogen and oxygen atoms in total. The molecule has 0 spiro atoms. The second kappa shape index (κ2) is 5.56. The minimum absolute atomic E-state index is 0.0912. The van der Waals surface area contributed by atoms with Crippen molar-refractivity contribution in [3.8, 4) is 0 Å². The molecule has 0 radical (unpaired) electrons. The van der Waals surface area contributed by atoms with Gasteiger partial charge >= 0.3 is 0 Å². The molecule has 20 heavy (non-hydrogen) atoms. The number of nitrogens with two attached hydrogens (primary N) is 1.